The molecule has 0 aromatic heterocycles. The second kappa shape index (κ2) is 7.44. The van der Waals surface area contributed by atoms with Gasteiger partial charge in [-0.2, -0.15) is 0 Å². The summed E-state index contributed by atoms with van der Waals surface area (Å²) in [5, 5.41) is 8.70. The lowest BCUT2D eigenvalue weighted by Crippen LogP contribution is -2.14. The predicted molar refractivity (Wildman–Crippen MR) is 83.0 cm³/mol. The zero-order chi connectivity index (χ0) is 15.3. The highest BCUT2D eigenvalue weighted by Crippen LogP contribution is 2.29. The van der Waals surface area contributed by atoms with Crippen molar-refractivity contribution in [2.75, 3.05) is 0 Å². The van der Waals surface area contributed by atoms with Gasteiger partial charge in [0, 0.05) is 12.5 Å². The summed E-state index contributed by atoms with van der Waals surface area (Å²) < 4.78 is 0. The van der Waals surface area contributed by atoms with Crippen molar-refractivity contribution in [1.29, 1.82) is 0 Å². The highest BCUT2D eigenvalue weighted by Gasteiger charge is 2.15. The molecule has 20 heavy (non-hydrogen) atoms. The molecule has 0 bridgehead atoms. The summed E-state index contributed by atoms with van der Waals surface area (Å²) in [7, 11) is 0. The lowest BCUT2D eigenvalue weighted by Gasteiger charge is -2.21. The summed E-state index contributed by atoms with van der Waals surface area (Å²) >= 11 is 0. The molecule has 1 unspecified atom stereocenters. The van der Waals surface area contributed by atoms with Crippen LogP contribution in [-0.4, -0.2) is 11.1 Å². The average molecular weight is 277 g/mol. The Morgan fingerprint density at radius 2 is 1.80 bits per heavy atom. The van der Waals surface area contributed by atoms with Crippen molar-refractivity contribution in [3.8, 4) is 0 Å². The van der Waals surface area contributed by atoms with Gasteiger partial charge in [0.25, 0.3) is 0 Å². The SMILES string of the molecule is CC(C)c1ccc(C(N)CCCC(=O)O)c(C(C)C)c1. The van der Waals surface area contributed by atoms with Gasteiger partial charge in [-0.3, -0.25) is 4.79 Å². The monoisotopic (exact) mass is 277 g/mol. The third-order valence-electron chi connectivity index (χ3n) is 3.70. The number of nitrogens with two attached hydrogens (primary N) is 1. The minimum absolute atomic E-state index is 0.0760. The standard InChI is InChI=1S/C17H27NO2/c1-11(2)13-8-9-14(15(10-13)12(3)4)16(18)6-5-7-17(19)20/h8-12,16H,5-7,18H2,1-4H3,(H,19,20). The maximum absolute atomic E-state index is 10.6. The number of aliphatic carboxylic acids is 1. The summed E-state index contributed by atoms with van der Waals surface area (Å²) in [5.74, 6) is 0.176. The fourth-order valence-corrected chi connectivity index (χ4v) is 2.42. The molecular weight excluding hydrogens is 250 g/mol. The lowest BCUT2D eigenvalue weighted by molar-refractivity contribution is -0.137. The number of carboxylic acids is 1. The first-order valence-corrected chi connectivity index (χ1v) is 7.44. The number of carboxylic acid groups (broad SMARTS) is 1. The van der Waals surface area contributed by atoms with Crippen molar-refractivity contribution in [2.45, 2.75) is 64.8 Å². The smallest absolute Gasteiger partial charge is 0.303 e. The van der Waals surface area contributed by atoms with Crippen LogP contribution in [0.4, 0.5) is 0 Å². The zero-order valence-corrected chi connectivity index (χ0v) is 13.0. The van der Waals surface area contributed by atoms with Crippen LogP contribution in [0.25, 0.3) is 0 Å². The number of hydrogen-bond donors (Lipinski definition) is 2. The summed E-state index contributed by atoms with van der Waals surface area (Å²) in [5.41, 5.74) is 10.0. The third kappa shape index (κ3) is 4.64. The highest BCUT2D eigenvalue weighted by molar-refractivity contribution is 5.66. The first kappa shape index (κ1) is 16.7. The summed E-state index contributed by atoms with van der Waals surface area (Å²) in [4.78, 5) is 10.6. The Labute approximate surface area is 122 Å². The van der Waals surface area contributed by atoms with E-state index in [4.69, 9.17) is 10.8 Å². The molecule has 3 heteroatoms. The van der Waals surface area contributed by atoms with E-state index in [2.05, 4.69) is 45.9 Å². The molecular formula is C17H27NO2. The topological polar surface area (TPSA) is 63.3 Å². The van der Waals surface area contributed by atoms with E-state index in [9.17, 15) is 4.79 Å². The first-order chi connectivity index (χ1) is 9.32. The molecule has 1 atom stereocenters. The molecule has 1 rings (SSSR count). The van der Waals surface area contributed by atoms with Crippen LogP contribution in [0.3, 0.4) is 0 Å². The van der Waals surface area contributed by atoms with Crippen LogP contribution < -0.4 is 5.73 Å². The number of hydrogen-bond acceptors (Lipinski definition) is 2. The van der Waals surface area contributed by atoms with E-state index in [1.807, 2.05) is 0 Å². The van der Waals surface area contributed by atoms with Gasteiger partial charge >= 0.3 is 5.97 Å². The lowest BCUT2D eigenvalue weighted by atomic mass is 9.87. The van der Waals surface area contributed by atoms with Crippen molar-refractivity contribution in [1.82, 2.24) is 0 Å². The fourth-order valence-electron chi connectivity index (χ4n) is 2.42. The zero-order valence-electron chi connectivity index (χ0n) is 13.0. The van der Waals surface area contributed by atoms with Crippen LogP contribution in [0.2, 0.25) is 0 Å². The molecule has 0 aliphatic carbocycles. The Morgan fingerprint density at radius 1 is 1.15 bits per heavy atom. The summed E-state index contributed by atoms with van der Waals surface area (Å²) in [6, 6.07) is 6.44. The molecule has 3 N–H and O–H groups in total. The Morgan fingerprint density at radius 3 is 2.30 bits per heavy atom. The van der Waals surface area contributed by atoms with Gasteiger partial charge in [0.2, 0.25) is 0 Å². The largest absolute Gasteiger partial charge is 0.481 e. The quantitative estimate of drug-likeness (QED) is 0.785. The van der Waals surface area contributed by atoms with Gasteiger partial charge in [-0.05, 0) is 41.4 Å². The molecule has 0 aliphatic rings. The molecule has 0 saturated heterocycles. The van der Waals surface area contributed by atoms with Crippen LogP contribution >= 0.6 is 0 Å². The number of carbonyl (C=O) groups is 1. The van der Waals surface area contributed by atoms with Crippen LogP contribution in [0.1, 0.15) is 81.5 Å². The molecule has 0 heterocycles. The number of benzene rings is 1. The van der Waals surface area contributed by atoms with Crippen LogP contribution in [-0.2, 0) is 4.79 Å². The first-order valence-electron chi connectivity index (χ1n) is 7.44. The van der Waals surface area contributed by atoms with E-state index >= 15 is 0 Å². The maximum atomic E-state index is 10.6. The van der Waals surface area contributed by atoms with E-state index in [0.29, 0.717) is 24.7 Å². The van der Waals surface area contributed by atoms with Crippen LogP contribution in [0.5, 0.6) is 0 Å². The van der Waals surface area contributed by atoms with Crippen molar-refractivity contribution < 1.29 is 9.90 Å². The normalized spacial score (nSPS) is 12.9. The van der Waals surface area contributed by atoms with Crippen molar-refractivity contribution >= 4 is 5.97 Å². The third-order valence-corrected chi connectivity index (χ3v) is 3.70. The molecule has 1 aromatic rings. The highest BCUT2D eigenvalue weighted by atomic mass is 16.4. The second-order valence-corrected chi connectivity index (χ2v) is 6.09. The molecule has 3 nitrogen and oxygen atoms in total. The molecule has 0 spiro atoms. The van der Waals surface area contributed by atoms with Crippen molar-refractivity contribution in [3.63, 3.8) is 0 Å². The molecule has 0 fully saturated rings. The fraction of sp³-hybridized carbons (Fsp3) is 0.588. The van der Waals surface area contributed by atoms with Gasteiger partial charge in [0.15, 0.2) is 0 Å². The Kier molecular flexibility index (Phi) is 6.21. The molecule has 0 radical (unpaired) electrons. The molecule has 0 aliphatic heterocycles. The Bertz CT molecular complexity index is 452. The van der Waals surface area contributed by atoms with Gasteiger partial charge in [-0.25, -0.2) is 0 Å². The van der Waals surface area contributed by atoms with E-state index in [0.717, 1.165) is 5.56 Å². The van der Waals surface area contributed by atoms with Gasteiger partial charge in [-0.1, -0.05) is 45.9 Å². The van der Waals surface area contributed by atoms with Gasteiger partial charge in [0.05, 0.1) is 0 Å². The van der Waals surface area contributed by atoms with Crippen molar-refractivity contribution in [3.05, 3.63) is 34.9 Å². The molecule has 112 valence electrons. The second-order valence-electron chi connectivity index (χ2n) is 6.09. The van der Waals surface area contributed by atoms with E-state index in [1.165, 1.54) is 11.1 Å². The minimum atomic E-state index is -0.753. The molecule has 0 amide bonds. The average Bonchev–Trinajstić information content (AvgIpc) is 2.37. The summed E-state index contributed by atoms with van der Waals surface area (Å²) in [6.45, 7) is 8.72. The molecule has 1 aromatic carbocycles. The van der Waals surface area contributed by atoms with Gasteiger partial charge < -0.3 is 10.8 Å². The Hall–Kier alpha value is -1.35. The van der Waals surface area contributed by atoms with Crippen LogP contribution in [0, 0.1) is 0 Å². The molecule has 0 saturated carbocycles. The van der Waals surface area contributed by atoms with E-state index in [1.54, 1.807) is 0 Å². The van der Waals surface area contributed by atoms with Crippen molar-refractivity contribution in [2.24, 2.45) is 5.73 Å². The van der Waals surface area contributed by atoms with Gasteiger partial charge in [0.1, 0.15) is 0 Å². The minimum Gasteiger partial charge on any atom is -0.481 e. The summed E-state index contributed by atoms with van der Waals surface area (Å²) in [6.07, 6.45) is 1.53. The van der Waals surface area contributed by atoms with Crippen LogP contribution in [0.15, 0.2) is 18.2 Å². The maximum Gasteiger partial charge on any atom is 0.303 e. The van der Waals surface area contributed by atoms with E-state index in [-0.39, 0.29) is 12.5 Å². The number of rotatable bonds is 7. The van der Waals surface area contributed by atoms with Gasteiger partial charge in [-0.15, -0.1) is 0 Å². The predicted octanol–water partition coefficient (Wildman–Crippen LogP) is 4.19. The Balaban J connectivity index is 2.90. The van der Waals surface area contributed by atoms with E-state index < -0.39 is 5.97 Å².